The largest absolute Gasteiger partial charge is 0.355 e. The highest BCUT2D eigenvalue weighted by atomic mass is 32.1. The van der Waals surface area contributed by atoms with Gasteiger partial charge < -0.3 is 15.6 Å². The molecule has 0 radical (unpaired) electrons. The van der Waals surface area contributed by atoms with Gasteiger partial charge in [-0.15, -0.1) is 11.3 Å². The van der Waals surface area contributed by atoms with Crippen LogP contribution in [0.2, 0.25) is 0 Å². The Balaban J connectivity index is 1.61. The summed E-state index contributed by atoms with van der Waals surface area (Å²) in [5.74, 6) is 0.168. The van der Waals surface area contributed by atoms with Crippen LogP contribution in [-0.2, 0) is 4.79 Å². The summed E-state index contributed by atoms with van der Waals surface area (Å²) >= 11 is 1.60. The number of H-pyrrole nitrogens is 1. The Bertz CT molecular complexity index is 1320. The molecule has 2 amide bonds. The second-order valence-corrected chi connectivity index (χ2v) is 8.58. The summed E-state index contributed by atoms with van der Waals surface area (Å²) in [4.78, 5) is 41.4. The number of nitrogens with zero attached hydrogens (tertiary/aromatic N) is 3. The molecule has 0 atom stereocenters. The molecular formula is C22H20N6O2S. The molecule has 4 aromatic rings. The molecule has 156 valence electrons. The van der Waals surface area contributed by atoms with Gasteiger partial charge in [-0.25, -0.2) is 9.97 Å². The van der Waals surface area contributed by atoms with Crippen LogP contribution in [0.5, 0.6) is 0 Å². The minimum Gasteiger partial charge on any atom is -0.355 e. The third-order valence-corrected chi connectivity index (χ3v) is 6.05. The van der Waals surface area contributed by atoms with Crippen LogP contribution in [0.3, 0.4) is 0 Å². The summed E-state index contributed by atoms with van der Waals surface area (Å²) in [6.45, 7) is 1.97. The molecule has 4 aromatic heterocycles. The number of nitrogens with one attached hydrogen (secondary N) is 3. The maximum Gasteiger partial charge on any atom is 0.253 e. The third-order valence-electron chi connectivity index (χ3n) is 5.28. The van der Waals surface area contributed by atoms with E-state index in [1.807, 2.05) is 30.5 Å². The van der Waals surface area contributed by atoms with Gasteiger partial charge in [0.1, 0.15) is 0 Å². The van der Waals surface area contributed by atoms with Crippen molar-refractivity contribution in [1.82, 2.24) is 25.3 Å². The van der Waals surface area contributed by atoms with E-state index in [1.165, 1.54) is 6.20 Å². The Labute approximate surface area is 182 Å². The lowest BCUT2D eigenvalue weighted by molar-refractivity contribution is -0.117. The number of pyridine rings is 2. The van der Waals surface area contributed by atoms with Gasteiger partial charge >= 0.3 is 0 Å². The van der Waals surface area contributed by atoms with Crippen LogP contribution in [0.1, 0.15) is 28.2 Å². The first-order valence-electron chi connectivity index (χ1n) is 9.97. The van der Waals surface area contributed by atoms with Gasteiger partial charge in [0.05, 0.1) is 33.2 Å². The Morgan fingerprint density at radius 2 is 2.03 bits per heavy atom. The van der Waals surface area contributed by atoms with Crippen LogP contribution < -0.4 is 10.6 Å². The number of thiazole rings is 1. The molecule has 4 heterocycles. The molecular weight excluding hydrogens is 412 g/mol. The number of anilines is 1. The second kappa shape index (κ2) is 7.59. The van der Waals surface area contributed by atoms with Gasteiger partial charge in [0.15, 0.2) is 5.82 Å². The molecule has 0 aliphatic heterocycles. The van der Waals surface area contributed by atoms with E-state index in [4.69, 9.17) is 0 Å². The molecule has 8 nitrogen and oxygen atoms in total. The standard InChI is InChI=1S/C22H20N6O2S/c1-11-26-18(10-31-11)13-5-6-24-16(7-13)17-8-14-15(22(30)23-2)9-25-20(19(14)27-17)28-21(29)12-3-4-12/h5-10,12,27H,3-4H2,1-2H3,(H,23,30)(H,25,28,29). The summed E-state index contributed by atoms with van der Waals surface area (Å²) in [7, 11) is 1.57. The normalized spacial score (nSPS) is 13.4. The maximum atomic E-state index is 12.4. The summed E-state index contributed by atoms with van der Waals surface area (Å²) < 4.78 is 0. The number of carbonyl (C=O) groups excluding carboxylic acids is 2. The monoisotopic (exact) mass is 432 g/mol. The van der Waals surface area contributed by atoms with Crippen LogP contribution >= 0.6 is 11.3 Å². The predicted molar refractivity (Wildman–Crippen MR) is 120 cm³/mol. The first kappa shape index (κ1) is 19.4. The van der Waals surface area contributed by atoms with E-state index < -0.39 is 0 Å². The van der Waals surface area contributed by atoms with Crippen molar-refractivity contribution in [2.24, 2.45) is 5.92 Å². The van der Waals surface area contributed by atoms with Crippen molar-refractivity contribution >= 4 is 39.9 Å². The lowest BCUT2D eigenvalue weighted by atomic mass is 10.1. The summed E-state index contributed by atoms with van der Waals surface area (Å²) in [5, 5.41) is 9.22. The number of hydrogen-bond acceptors (Lipinski definition) is 6. The number of amides is 2. The zero-order valence-corrected chi connectivity index (χ0v) is 17.8. The minimum absolute atomic E-state index is 0.0448. The van der Waals surface area contributed by atoms with Crippen LogP contribution in [0.15, 0.2) is 36.0 Å². The van der Waals surface area contributed by atoms with Crippen molar-refractivity contribution in [2.45, 2.75) is 19.8 Å². The molecule has 0 saturated heterocycles. The minimum atomic E-state index is -0.247. The van der Waals surface area contributed by atoms with Crippen LogP contribution in [0, 0.1) is 12.8 Å². The van der Waals surface area contributed by atoms with E-state index in [9.17, 15) is 9.59 Å². The zero-order chi connectivity index (χ0) is 21.5. The Morgan fingerprint density at radius 3 is 2.74 bits per heavy atom. The van der Waals surface area contributed by atoms with Crippen molar-refractivity contribution in [2.75, 3.05) is 12.4 Å². The highest BCUT2D eigenvalue weighted by Crippen LogP contribution is 2.34. The van der Waals surface area contributed by atoms with E-state index in [0.29, 0.717) is 28.0 Å². The molecule has 1 aliphatic rings. The van der Waals surface area contributed by atoms with Gasteiger partial charge in [-0.3, -0.25) is 14.6 Å². The summed E-state index contributed by atoms with van der Waals surface area (Å²) in [6, 6.07) is 5.74. The van der Waals surface area contributed by atoms with Gasteiger partial charge in [0, 0.05) is 41.7 Å². The van der Waals surface area contributed by atoms with Crippen molar-refractivity contribution in [1.29, 1.82) is 0 Å². The molecule has 0 unspecified atom stereocenters. The van der Waals surface area contributed by atoms with E-state index in [1.54, 1.807) is 24.6 Å². The van der Waals surface area contributed by atoms with Crippen LogP contribution in [-0.4, -0.2) is 38.8 Å². The molecule has 0 spiro atoms. The molecule has 1 aliphatic carbocycles. The quantitative estimate of drug-likeness (QED) is 0.444. The van der Waals surface area contributed by atoms with E-state index in [-0.39, 0.29) is 17.7 Å². The first-order valence-corrected chi connectivity index (χ1v) is 10.8. The SMILES string of the molecule is CNC(=O)c1cnc(NC(=O)C2CC2)c2[nH]c(-c3cc(-c4csc(C)n4)ccn3)cc12. The third kappa shape index (κ3) is 3.68. The number of aromatic amines is 1. The molecule has 3 N–H and O–H groups in total. The molecule has 5 rings (SSSR count). The average molecular weight is 433 g/mol. The van der Waals surface area contributed by atoms with Crippen molar-refractivity contribution in [3.8, 4) is 22.6 Å². The van der Waals surface area contributed by atoms with Gasteiger partial charge in [-0.05, 0) is 38.0 Å². The maximum absolute atomic E-state index is 12.4. The van der Waals surface area contributed by atoms with Gasteiger partial charge in [-0.2, -0.15) is 0 Å². The molecule has 31 heavy (non-hydrogen) atoms. The number of hydrogen-bond donors (Lipinski definition) is 3. The highest BCUT2D eigenvalue weighted by Gasteiger charge is 2.30. The fraction of sp³-hybridized carbons (Fsp3) is 0.227. The first-order chi connectivity index (χ1) is 15.0. The Hall–Kier alpha value is -3.59. The second-order valence-electron chi connectivity index (χ2n) is 7.52. The lowest BCUT2D eigenvalue weighted by Crippen LogP contribution is -2.19. The summed E-state index contributed by atoms with van der Waals surface area (Å²) in [6.07, 6.45) is 5.02. The average Bonchev–Trinajstić information content (AvgIpc) is 3.39. The van der Waals surface area contributed by atoms with E-state index in [2.05, 4.69) is 30.6 Å². The van der Waals surface area contributed by atoms with Crippen molar-refractivity contribution in [3.05, 3.63) is 46.5 Å². The lowest BCUT2D eigenvalue weighted by Gasteiger charge is -2.07. The molecule has 9 heteroatoms. The zero-order valence-electron chi connectivity index (χ0n) is 17.0. The van der Waals surface area contributed by atoms with Crippen molar-refractivity contribution < 1.29 is 9.59 Å². The fourth-order valence-corrected chi connectivity index (χ4v) is 4.08. The number of aromatic nitrogens is 4. The topological polar surface area (TPSA) is 113 Å². The number of carbonyl (C=O) groups is 2. The van der Waals surface area contributed by atoms with Crippen LogP contribution in [0.4, 0.5) is 5.82 Å². The van der Waals surface area contributed by atoms with Gasteiger partial charge in [0.25, 0.3) is 5.91 Å². The van der Waals surface area contributed by atoms with Crippen LogP contribution in [0.25, 0.3) is 33.5 Å². The van der Waals surface area contributed by atoms with Gasteiger partial charge in [0.2, 0.25) is 5.91 Å². The van der Waals surface area contributed by atoms with E-state index in [0.717, 1.165) is 34.8 Å². The Morgan fingerprint density at radius 1 is 1.19 bits per heavy atom. The highest BCUT2D eigenvalue weighted by molar-refractivity contribution is 7.09. The van der Waals surface area contributed by atoms with Gasteiger partial charge in [-0.1, -0.05) is 0 Å². The Kier molecular flexibility index (Phi) is 4.74. The number of rotatable bonds is 5. The molecule has 1 saturated carbocycles. The van der Waals surface area contributed by atoms with Crippen molar-refractivity contribution in [3.63, 3.8) is 0 Å². The van der Waals surface area contributed by atoms with E-state index >= 15 is 0 Å². The molecule has 0 aromatic carbocycles. The molecule has 1 fully saturated rings. The molecule has 0 bridgehead atoms. The smallest absolute Gasteiger partial charge is 0.253 e. The number of aryl methyl sites for hydroxylation is 1. The summed E-state index contributed by atoms with van der Waals surface area (Å²) in [5.41, 5.74) is 4.32. The predicted octanol–water partition coefficient (Wildman–Crippen LogP) is 3.76. The fourth-order valence-electron chi connectivity index (χ4n) is 3.46. The number of fused-ring (bicyclic) bond motifs is 1.